The molecule has 0 saturated carbocycles. The number of rotatable bonds is 11. The van der Waals surface area contributed by atoms with Crippen LogP contribution < -0.4 is 78.8 Å². The Balaban J connectivity index is 0.000000139. The number of para-hydroxylation sites is 3. The number of hydrogen-bond donors (Lipinski definition) is 7. The van der Waals surface area contributed by atoms with Gasteiger partial charge in [-0.1, -0.05) is 152 Å². The van der Waals surface area contributed by atoms with Crippen molar-refractivity contribution in [3.63, 3.8) is 0 Å². The lowest BCUT2D eigenvalue weighted by molar-refractivity contribution is 0.173. The van der Waals surface area contributed by atoms with Crippen molar-refractivity contribution in [3.05, 3.63) is 306 Å². The lowest BCUT2D eigenvalue weighted by Crippen LogP contribution is -2.29. The van der Waals surface area contributed by atoms with Crippen molar-refractivity contribution in [2.75, 3.05) is 37.2 Å². The van der Waals surface area contributed by atoms with E-state index in [2.05, 4.69) is 30.1 Å². The molecule has 11 N–H and O–H groups in total. The van der Waals surface area contributed by atoms with Gasteiger partial charge in [0.2, 0.25) is 38.0 Å². The number of nitrogen functional groups attached to an aromatic ring is 2. The van der Waals surface area contributed by atoms with Crippen LogP contribution in [0.5, 0.6) is 34.5 Å². The van der Waals surface area contributed by atoms with Gasteiger partial charge in [0.25, 0.3) is 16.7 Å². The number of hydrogen-bond acceptors (Lipinski definition) is 21. The summed E-state index contributed by atoms with van der Waals surface area (Å²) in [5, 5.41) is 34.0. The molecule has 0 radical (unpaired) electrons. The van der Waals surface area contributed by atoms with Crippen molar-refractivity contribution in [2.24, 2.45) is 11.5 Å². The Hall–Kier alpha value is -13.6. The van der Waals surface area contributed by atoms with Gasteiger partial charge in [-0.2, -0.15) is 10.2 Å². The van der Waals surface area contributed by atoms with Gasteiger partial charge in [-0.3, -0.25) is 28.1 Å². The molecule has 556 valence electrons. The second-order valence-corrected chi connectivity index (χ2v) is 25.8. The number of anilines is 3. The Labute approximate surface area is 646 Å². The minimum absolute atomic E-state index is 0. The third-order valence-corrected chi connectivity index (χ3v) is 18.4. The van der Waals surface area contributed by atoms with Crippen molar-refractivity contribution < 1.29 is 38.5 Å². The highest BCUT2D eigenvalue weighted by Gasteiger charge is 2.25. The molecule has 28 heteroatoms. The van der Waals surface area contributed by atoms with E-state index in [0.29, 0.717) is 66.9 Å². The summed E-state index contributed by atoms with van der Waals surface area (Å²) in [6, 6.07) is 68.6. The maximum Gasteiger partial charge on any atom is 0.488 e. The van der Waals surface area contributed by atoms with Crippen molar-refractivity contribution in [2.45, 2.75) is 46.3 Å². The average molecular weight is 1520 g/mol. The third-order valence-electron chi connectivity index (χ3n) is 17.8. The lowest BCUT2D eigenvalue weighted by Gasteiger charge is -2.22. The molecular formula is C83H71BCl2N14O11. The molecule has 25 nitrogen and oxygen atoms in total. The number of benzene rings is 9. The van der Waals surface area contributed by atoms with E-state index < -0.39 is 13.2 Å². The van der Waals surface area contributed by atoms with Crippen LogP contribution in [0.2, 0.25) is 10.2 Å². The number of nitriles is 1. The molecule has 3 aliphatic rings. The van der Waals surface area contributed by atoms with Crippen LogP contribution in [0.15, 0.2) is 245 Å². The molecule has 0 bridgehead atoms. The number of nitrogens with one attached hydrogen (secondary N) is 1. The predicted molar refractivity (Wildman–Crippen MR) is 432 cm³/mol. The standard InChI is InChI=1S/C29H22N6O3.C24H20N2O3.C17H15ClN2O.C7H7BO4.C5H3ClN4.CH4/c1-17(33-27-22(31-2)15-32-29(30)34-27)23-13-19-7-6-10-21(18-11-12-24-25(14-18)38-16-37-24)26(19)28(36)35(23)20-8-4-3-5-9-20;1-15(25)20-12-17-6-5-9-19(16-10-11-21-22(13-16)29-14-28-21)23(17)24(27)26(20)18-7-3-2-4-8-18;1-11(19)15-10-12-6-5-9-14(18)16(12)17(21)20(15)13-7-3-2-4-8-13;9-8(10)5-1-2-6-7(3-5)12-4-11-6;6-4-3(1-7)2-9-5(8)10-4;/h3-15,17H,16H2,1H3,(H3,30,32,33,34);2-13,15H,14,25H2,1H3;2-11H,19H2,1H3;1-3,9-10H,4H2;2H,(H2,8,9,10);1H4/t17-;15-;11-;;;/m000.../s1. The number of aromatic nitrogens is 7. The van der Waals surface area contributed by atoms with Gasteiger partial charge in [-0.15, -0.1) is 0 Å². The summed E-state index contributed by atoms with van der Waals surface area (Å²) >= 11 is 11.7. The summed E-state index contributed by atoms with van der Waals surface area (Å²) in [6.07, 6.45) is 2.66. The van der Waals surface area contributed by atoms with E-state index in [-0.39, 0.29) is 84.9 Å². The number of nitrogens with zero attached hydrogens (tertiary/aromatic N) is 9. The molecule has 14 aromatic rings. The summed E-state index contributed by atoms with van der Waals surface area (Å²) in [5.74, 6) is 4.37. The molecule has 8 heterocycles. The fourth-order valence-electron chi connectivity index (χ4n) is 12.6. The molecule has 9 aromatic carbocycles. The molecule has 3 atom stereocenters. The van der Waals surface area contributed by atoms with Gasteiger partial charge in [0.1, 0.15) is 17.5 Å². The maximum atomic E-state index is 14.3. The van der Waals surface area contributed by atoms with E-state index in [1.165, 1.54) is 12.4 Å². The SMILES string of the molecule is C.C[C@H](N)c1cc2cccc(-c3ccc4c(c3)OCO4)c2c(=O)n1-c1ccccc1.C[C@H](N)c1cc2cccc(Cl)c2c(=O)n1-c1ccccc1.N#Cc1cnc(N)nc1Cl.OB(O)c1ccc2c(c1)OCO2.[C-]#[N+]c1cnc(N)nc1N[C@@H](C)c1cc2cccc(-c3ccc4c(c3)OCO4)c2c(=O)n1-c1ccccc1. The molecule has 0 fully saturated rings. The average Bonchev–Trinajstić information content (AvgIpc) is 0.836. The number of ether oxygens (including phenoxy) is 6. The molecule has 5 aromatic heterocycles. The zero-order chi connectivity index (χ0) is 77.3. The lowest BCUT2D eigenvalue weighted by atomic mass is 9.80. The summed E-state index contributed by atoms with van der Waals surface area (Å²) in [4.78, 5) is 59.7. The summed E-state index contributed by atoms with van der Waals surface area (Å²) in [6.45, 7) is 13.7. The van der Waals surface area contributed by atoms with Crippen LogP contribution in [0, 0.1) is 17.9 Å². The largest absolute Gasteiger partial charge is 0.488 e. The minimum atomic E-state index is -1.46. The molecule has 0 spiro atoms. The zero-order valence-electron chi connectivity index (χ0n) is 59.0. The van der Waals surface area contributed by atoms with Crippen molar-refractivity contribution in [1.29, 1.82) is 5.26 Å². The molecular weight excluding hydrogens is 1450 g/mol. The summed E-state index contributed by atoms with van der Waals surface area (Å²) in [7, 11) is -1.46. The van der Waals surface area contributed by atoms with E-state index in [4.69, 9.17) is 96.4 Å². The van der Waals surface area contributed by atoms with Crippen LogP contribution in [0.3, 0.4) is 0 Å². The van der Waals surface area contributed by atoms with Crippen LogP contribution in [0.25, 0.3) is 76.5 Å². The van der Waals surface area contributed by atoms with Crippen LogP contribution in [-0.2, 0) is 0 Å². The highest BCUT2D eigenvalue weighted by atomic mass is 35.5. The van der Waals surface area contributed by atoms with Gasteiger partial charge in [-0.05, 0) is 162 Å². The molecule has 0 saturated heterocycles. The van der Waals surface area contributed by atoms with Gasteiger partial charge in [0.15, 0.2) is 39.7 Å². The van der Waals surface area contributed by atoms with Crippen molar-refractivity contribution in [1.82, 2.24) is 33.6 Å². The highest BCUT2D eigenvalue weighted by Crippen LogP contribution is 2.41. The second kappa shape index (κ2) is 34.1. The first kappa shape index (κ1) is 77.1. The van der Waals surface area contributed by atoms with Crippen molar-refractivity contribution >= 4 is 91.5 Å². The first-order valence-corrected chi connectivity index (χ1v) is 34.9. The van der Waals surface area contributed by atoms with Gasteiger partial charge in [0.05, 0.1) is 40.0 Å². The Kier molecular flexibility index (Phi) is 23.7. The Morgan fingerprint density at radius 2 is 0.919 bits per heavy atom. The topological polar surface area (TPSA) is 358 Å². The van der Waals surface area contributed by atoms with E-state index >= 15 is 0 Å². The number of nitrogens with two attached hydrogens (primary N) is 4. The Morgan fingerprint density at radius 1 is 0.514 bits per heavy atom. The van der Waals surface area contributed by atoms with Crippen LogP contribution in [0.4, 0.5) is 23.4 Å². The molecule has 0 aliphatic carbocycles. The monoisotopic (exact) mass is 1520 g/mol. The molecule has 3 aliphatic heterocycles. The quantitative estimate of drug-likeness (QED) is 0.0359. The van der Waals surface area contributed by atoms with Gasteiger partial charge in [-0.25, -0.2) is 19.8 Å². The normalized spacial score (nSPS) is 12.5. The Bertz CT molecular complexity index is 6080. The predicted octanol–water partition coefficient (Wildman–Crippen LogP) is 13.9. The smallest absolute Gasteiger partial charge is 0.454 e. The van der Waals surface area contributed by atoms with E-state index in [1.807, 2.05) is 221 Å². The van der Waals surface area contributed by atoms with Gasteiger partial charge >= 0.3 is 7.12 Å². The minimum Gasteiger partial charge on any atom is -0.454 e. The second-order valence-electron chi connectivity index (χ2n) is 25.1. The number of halogens is 2. The first-order valence-electron chi connectivity index (χ1n) is 34.2. The fourth-order valence-corrected chi connectivity index (χ4v) is 13.1. The molecule has 0 amide bonds. The highest BCUT2D eigenvalue weighted by molar-refractivity contribution is 6.58. The zero-order valence-corrected chi connectivity index (χ0v) is 60.5. The number of fused-ring (bicyclic) bond motifs is 6. The van der Waals surface area contributed by atoms with Crippen molar-refractivity contribution in [3.8, 4) is 79.9 Å². The van der Waals surface area contributed by atoms with Crippen LogP contribution in [0.1, 0.15) is 69.0 Å². The first-order chi connectivity index (χ1) is 53.3. The van der Waals surface area contributed by atoms with Gasteiger partial charge < -0.3 is 66.7 Å². The number of pyridine rings is 3. The summed E-state index contributed by atoms with van der Waals surface area (Å²) < 4.78 is 37.1. The van der Waals surface area contributed by atoms with E-state index in [1.54, 1.807) is 38.0 Å². The summed E-state index contributed by atoms with van der Waals surface area (Å²) in [5.41, 5.74) is 31.7. The van der Waals surface area contributed by atoms with Crippen LogP contribution >= 0.6 is 23.2 Å². The van der Waals surface area contributed by atoms with E-state index in [9.17, 15) is 14.4 Å². The molecule has 17 rings (SSSR count). The van der Waals surface area contributed by atoms with Gasteiger partial charge in [0, 0.05) is 52.4 Å². The maximum absolute atomic E-state index is 14.3. The Morgan fingerprint density at radius 3 is 1.37 bits per heavy atom. The molecule has 0 unspecified atom stereocenters. The molecule has 111 heavy (non-hydrogen) atoms. The third kappa shape index (κ3) is 16.6. The van der Waals surface area contributed by atoms with E-state index in [0.717, 1.165) is 72.6 Å². The van der Waals surface area contributed by atoms with Crippen LogP contribution in [-0.4, -0.2) is 71.2 Å². The fraction of sp³-hybridized carbons (Fsp3) is 0.120.